The summed E-state index contributed by atoms with van der Waals surface area (Å²) in [6, 6.07) is 7.14. The SMILES string of the molecule is C/C=C(C=O)\C=C/CC.Cc1ccc(C(=O)Cl)cc1. The summed E-state index contributed by atoms with van der Waals surface area (Å²) in [5, 5.41) is -0.403. The Labute approximate surface area is 119 Å². The van der Waals surface area contributed by atoms with Crippen LogP contribution in [0, 0.1) is 6.92 Å². The number of hydrogen-bond donors (Lipinski definition) is 0. The van der Waals surface area contributed by atoms with Gasteiger partial charge in [-0.1, -0.05) is 42.8 Å². The van der Waals surface area contributed by atoms with Gasteiger partial charge >= 0.3 is 0 Å². The Kier molecular flexibility index (Phi) is 9.37. The second kappa shape index (κ2) is 10.3. The van der Waals surface area contributed by atoms with E-state index in [0.29, 0.717) is 5.56 Å². The van der Waals surface area contributed by atoms with Gasteiger partial charge in [-0.2, -0.15) is 0 Å². The molecule has 0 saturated heterocycles. The van der Waals surface area contributed by atoms with E-state index in [9.17, 15) is 9.59 Å². The van der Waals surface area contributed by atoms with E-state index in [4.69, 9.17) is 11.6 Å². The first-order valence-electron chi connectivity index (χ1n) is 6.09. The number of hydrogen-bond acceptors (Lipinski definition) is 2. The summed E-state index contributed by atoms with van der Waals surface area (Å²) in [4.78, 5) is 20.6. The van der Waals surface area contributed by atoms with Crippen LogP contribution in [0.1, 0.15) is 36.2 Å². The van der Waals surface area contributed by atoms with Gasteiger partial charge in [-0.25, -0.2) is 0 Å². The lowest BCUT2D eigenvalue weighted by Gasteiger charge is -1.92. The van der Waals surface area contributed by atoms with Gasteiger partial charge < -0.3 is 0 Å². The highest BCUT2D eigenvalue weighted by Gasteiger charge is 1.97. The van der Waals surface area contributed by atoms with Gasteiger partial charge in [-0.3, -0.25) is 9.59 Å². The first kappa shape index (κ1) is 17.3. The Balaban J connectivity index is 0.000000344. The number of rotatable bonds is 4. The van der Waals surface area contributed by atoms with Crippen LogP contribution >= 0.6 is 11.6 Å². The van der Waals surface area contributed by atoms with Gasteiger partial charge in [-0.05, 0) is 44.0 Å². The highest BCUT2D eigenvalue weighted by Crippen LogP contribution is 2.05. The molecule has 0 amide bonds. The quantitative estimate of drug-likeness (QED) is 0.352. The molecule has 102 valence electrons. The van der Waals surface area contributed by atoms with Crippen molar-refractivity contribution in [2.45, 2.75) is 27.2 Å². The van der Waals surface area contributed by atoms with E-state index >= 15 is 0 Å². The molecule has 0 aliphatic heterocycles. The van der Waals surface area contributed by atoms with Crippen LogP contribution < -0.4 is 0 Å². The lowest BCUT2D eigenvalue weighted by atomic mass is 10.2. The molecule has 0 aliphatic carbocycles. The zero-order valence-corrected chi connectivity index (χ0v) is 12.3. The number of aryl methyl sites for hydroxylation is 1. The van der Waals surface area contributed by atoms with Crippen molar-refractivity contribution >= 4 is 23.1 Å². The highest BCUT2D eigenvalue weighted by molar-refractivity contribution is 6.67. The van der Waals surface area contributed by atoms with E-state index in [2.05, 4.69) is 0 Å². The molecule has 1 aromatic rings. The minimum Gasteiger partial charge on any atom is -0.298 e. The van der Waals surface area contributed by atoms with Crippen LogP contribution in [0.25, 0.3) is 0 Å². The van der Waals surface area contributed by atoms with E-state index in [1.165, 1.54) is 0 Å². The number of carbonyl (C=O) groups excluding carboxylic acids is 2. The molecule has 3 heteroatoms. The summed E-state index contributed by atoms with van der Waals surface area (Å²) in [6.07, 6.45) is 7.41. The van der Waals surface area contributed by atoms with Gasteiger partial charge in [0.2, 0.25) is 0 Å². The van der Waals surface area contributed by atoms with Crippen LogP contribution in [0.2, 0.25) is 0 Å². The predicted molar refractivity (Wildman–Crippen MR) is 80.6 cm³/mol. The van der Waals surface area contributed by atoms with Crippen molar-refractivity contribution in [1.29, 1.82) is 0 Å². The topological polar surface area (TPSA) is 34.1 Å². The summed E-state index contributed by atoms with van der Waals surface area (Å²) in [5.74, 6) is 0. The van der Waals surface area contributed by atoms with Gasteiger partial charge in [0.15, 0.2) is 0 Å². The molecule has 1 rings (SSSR count). The number of allylic oxidation sites excluding steroid dienone is 4. The van der Waals surface area contributed by atoms with Gasteiger partial charge in [0, 0.05) is 11.1 Å². The molecule has 0 fully saturated rings. The maximum Gasteiger partial charge on any atom is 0.252 e. The summed E-state index contributed by atoms with van der Waals surface area (Å²) >= 11 is 5.22. The molecule has 2 nitrogen and oxygen atoms in total. The molecule has 0 bridgehead atoms. The number of carbonyl (C=O) groups is 2. The van der Waals surface area contributed by atoms with E-state index in [0.717, 1.165) is 23.8 Å². The average Bonchev–Trinajstić information content (AvgIpc) is 2.41. The first-order chi connectivity index (χ1) is 9.04. The molecule has 1 aromatic carbocycles. The van der Waals surface area contributed by atoms with Crippen LogP contribution in [0.4, 0.5) is 0 Å². The predicted octanol–water partition coefficient (Wildman–Crippen LogP) is 4.47. The Morgan fingerprint density at radius 3 is 2.21 bits per heavy atom. The monoisotopic (exact) mass is 278 g/mol. The van der Waals surface area contributed by atoms with Crippen LogP contribution in [0.5, 0.6) is 0 Å². The summed E-state index contributed by atoms with van der Waals surface area (Å²) in [5.41, 5.74) is 2.42. The Bertz CT molecular complexity index is 456. The van der Waals surface area contributed by atoms with Crippen LogP contribution in [0.15, 0.2) is 48.1 Å². The fraction of sp³-hybridized carbons (Fsp3) is 0.250. The molecule has 0 N–H and O–H groups in total. The molecule has 0 heterocycles. The maximum absolute atomic E-state index is 10.5. The Morgan fingerprint density at radius 1 is 1.26 bits per heavy atom. The van der Waals surface area contributed by atoms with E-state index in [1.807, 2.05) is 45.1 Å². The number of halogens is 1. The minimum absolute atomic E-state index is 0.403. The van der Waals surface area contributed by atoms with Crippen LogP contribution in [-0.4, -0.2) is 11.5 Å². The van der Waals surface area contributed by atoms with E-state index < -0.39 is 5.24 Å². The van der Waals surface area contributed by atoms with Crippen molar-refractivity contribution in [3.8, 4) is 0 Å². The van der Waals surface area contributed by atoms with Crippen molar-refractivity contribution in [3.63, 3.8) is 0 Å². The summed E-state index contributed by atoms with van der Waals surface area (Å²) in [6.45, 7) is 5.85. The molecule has 0 aromatic heterocycles. The van der Waals surface area contributed by atoms with Crippen LogP contribution in [0.3, 0.4) is 0 Å². The summed E-state index contributed by atoms with van der Waals surface area (Å²) < 4.78 is 0. The smallest absolute Gasteiger partial charge is 0.252 e. The highest BCUT2D eigenvalue weighted by atomic mass is 35.5. The average molecular weight is 279 g/mol. The zero-order valence-electron chi connectivity index (χ0n) is 11.5. The van der Waals surface area contributed by atoms with Crippen molar-refractivity contribution in [1.82, 2.24) is 0 Å². The van der Waals surface area contributed by atoms with E-state index in [-0.39, 0.29) is 0 Å². The third-order valence-corrected chi connectivity index (χ3v) is 2.51. The fourth-order valence-electron chi connectivity index (χ4n) is 1.14. The number of benzene rings is 1. The van der Waals surface area contributed by atoms with Crippen molar-refractivity contribution in [3.05, 3.63) is 59.2 Å². The molecule has 19 heavy (non-hydrogen) atoms. The Morgan fingerprint density at radius 2 is 1.84 bits per heavy atom. The van der Waals surface area contributed by atoms with Gasteiger partial charge in [0.1, 0.15) is 6.29 Å². The number of aldehydes is 1. The molecule has 0 unspecified atom stereocenters. The molecule has 0 saturated carbocycles. The molecule has 0 atom stereocenters. The fourth-order valence-corrected chi connectivity index (χ4v) is 1.27. The zero-order chi connectivity index (χ0) is 14.7. The first-order valence-corrected chi connectivity index (χ1v) is 6.47. The van der Waals surface area contributed by atoms with Crippen molar-refractivity contribution < 1.29 is 9.59 Å². The van der Waals surface area contributed by atoms with Gasteiger partial charge in [0.25, 0.3) is 5.24 Å². The van der Waals surface area contributed by atoms with Crippen molar-refractivity contribution in [2.75, 3.05) is 0 Å². The second-order valence-corrected chi connectivity index (χ2v) is 4.20. The third-order valence-electron chi connectivity index (χ3n) is 2.29. The van der Waals surface area contributed by atoms with Gasteiger partial charge in [0.05, 0.1) is 0 Å². The molecule has 0 spiro atoms. The molecular formula is C16H19ClO2. The van der Waals surface area contributed by atoms with Gasteiger partial charge in [-0.15, -0.1) is 0 Å². The maximum atomic E-state index is 10.5. The molecule has 0 aliphatic rings. The normalized spacial score (nSPS) is 10.8. The second-order valence-electron chi connectivity index (χ2n) is 3.86. The third kappa shape index (κ3) is 8.11. The van der Waals surface area contributed by atoms with Crippen molar-refractivity contribution in [2.24, 2.45) is 0 Å². The minimum atomic E-state index is -0.403. The lowest BCUT2D eigenvalue weighted by Crippen LogP contribution is -1.86. The lowest BCUT2D eigenvalue weighted by molar-refractivity contribution is -0.104. The Hall–Kier alpha value is -1.67. The van der Waals surface area contributed by atoms with E-state index in [1.54, 1.807) is 18.2 Å². The van der Waals surface area contributed by atoms with Crippen LogP contribution in [-0.2, 0) is 4.79 Å². The molecule has 0 radical (unpaired) electrons. The standard InChI is InChI=1S/C8H7ClO.C8H12O/c1-6-2-4-7(5-3-6)8(9)10;1-3-5-6-8(4-2)7-9/h2-5H,1H3;4-7H,3H2,1-2H3/b;6-5-,8-4+. The molecular weight excluding hydrogens is 260 g/mol. The summed E-state index contributed by atoms with van der Waals surface area (Å²) in [7, 11) is 0. The largest absolute Gasteiger partial charge is 0.298 e.